The summed E-state index contributed by atoms with van der Waals surface area (Å²) in [6.07, 6.45) is 6.09. The lowest BCUT2D eigenvalue weighted by Crippen LogP contribution is -2.58. The van der Waals surface area contributed by atoms with Gasteiger partial charge in [-0.2, -0.15) is 0 Å². The number of carbonyl (C=O) groups is 1. The van der Waals surface area contributed by atoms with Crippen molar-refractivity contribution in [2.45, 2.75) is 83.0 Å². The van der Waals surface area contributed by atoms with Crippen LogP contribution in [0.15, 0.2) is 51.7 Å². The van der Waals surface area contributed by atoms with Gasteiger partial charge in [0.25, 0.3) is 5.91 Å². The smallest absolute Gasteiger partial charge is 0.339 e. The fourth-order valence-electron chi connectivity index (χ4n) is 7.06. The fraction of sp³-hybridized carbons (Fsp3) is 0.484. The van der Waals surface area contributed by atoms with Crippen LogP contribution in [-0.4, -0.2) is 34.2 Å². The quantitative estimate of drug-likeness (QED) is 0.494. The van der Waals surface area contributed by atoms with E-state index in [9.17, 15) is 14.7 Å². The van der Waals surface area contributed by atoms with Gasteiger partial charge < -0.3 is 19.2 Å². The number of benzene rings is 2. The van der Waals surface area contributed by atoms with Gasteiger partial charge >= 0.3 is 5.63 Å². The van der Waals surface area contributed by atoms with E-state index in [4.69, 9.17) is 9.15 Å². The van der Waals surface area contributed by atoms with Crippen LogP contribution in [0.1, 0.15) is 73.7 Å². The third kappa shape index (κ3) is 4.15. The Morgan fingerprint density at radius 3 is 2.70 bits per heavy atom. The van der Waals surface area contributed by atoms with Crippen LogP contribution in [0.5, 0.6) is 5.75 Å². The molecule has 2 heterocycles. The molecule has 1 amide bonds. The van der Waals surface area contributed by atoms with Gasteiger partial charge in [-0.15, -0.1) is 0 Å². The molecular weight excluding hydrogens is 466 g/mol. The summed E-state index contributed by atoms with van der Waals surface area (Å²) in [6.45, 7) is 4.24. The molecule has 1 saturated carbocycles. The maximum atomic E-state index is 14.0. The highest BCUT2D eigenvalue weighted by Gasteiger charge is 2.50. The fourth-order valence-corrected chi connectivity index (χ4v) is 7.06. The van der Waals surface area contributed by atoms with Crippen LogP contribution in [0.2, 0.25) is 0 Å². The number of nitrogens with zero attached hydrogens (tertiary/aromatic N) is 1. The van der Waals surface area contributed by atoms with Crippen molar-refractivity contribution >= 4 is 16.9 Å². The first kappa shape index (κ1) is 24.2. The standard InChI is InChI=1S/C31H35NO5/c1-19-17-25(27-22-11-8-12-23(22)30(34)37-26(27)18-19)36-20(2)29(33)32-16-15-31(35)14-7-6-13-24(31)28(32)21-9-4-3-5-10-21/h3-5,9-10,17-18,20,24,28,35H,6-8,11-16H2,1-2H3. The van der Waals surface area contributed by atoms with E-state index in [0.717, 1.165) is 66.2 Å². The van der Waals surface area contributed by atoms with Crippen molar-refractivity contribution in [1.29, 1.82) is 0 Å². The Labute approximate surface area is 217 Å². The van der Waals surface area contributed by atoms with Crippen molar-refractivity contribution in [2.75, 3.05) is 6.54 Å². The maximum Gasteiger partial charge on any atom is 0.339 e. The van der Waals surface area contributed by atoms with Gasteiger partial charge in [0.05, 0.1) is 17.0 Å². The minimum atomic E-state index is -0.732. The van der Waals surface area contributed by atoms with Crippen LogP contribution in [0.25, 0.3) is 11.0 Å². The predicted molar refractivity (Wildman–Crippen MR) is 142 cm³/mol. The Morgan fingerprint density at radius 1 is 1.11 bits per heavy atom. The molecule has 3 aliphatic rings. The minimum Gasteiger partial charge on any atom is -0.480 e. The van der Waals surface area contributed by atoms with E-state index in [0.29, 0.717) is 30.7 Å². The van der Waals surface area contributed by atoms with Crippen molar-refractivity contribution in [3.8, 4) is 5.75 Å². The molecule has 1 N–H and O–H groups in total. The van der Waals surface area contributed by atoms with Crippen molar-refractivity contribution in [1.82, 2.24) is 4.90 Å². The zero-order valence-corrected chi connectivity index (χ0v) is 21.7. The lowest BCUT2D eigenvalue weighted by molar-refractivity contribution is -0.161. The van der Waals surface area contributed by atoms with Gasteiger partial charge in [0.2, 0.25) is 0 Å². The maximum absolute atomic E-state index is 14.0. The highest BCUT2D eigenvalue weighted by Crippen LogP contribution is 2.49. The Bertz CT molecular complexity index is 1400. The van der Waals surface area contributed by atoms with Gasteiger partial charge in [0.1, 0.15) is 11.3 Å². The molecule has 2 aromatic carbocycles. The first-order chi connectivity index (χ1) is 17.9. The molecule has 6 rings (SSSR count). The number of aliphatic hydroxyl groups is 1. The number of aryl methyl sites for hydroxylation is 2. The van der Waals surface area contributed by atoms with Crippen LogP contribution in [-0.2, 0) is 17.6 Å². The van der Waals surface area contributed by atoms with E-state index in [1.165, 1.54) is 0 Å². The Balaban J connectivity index is 1.35. The second-order valence-corrected chi connectivity index (χ2v) is 11.2. The van der Waals surface area contributed by atoms with E-state index in [1.807, 2.05) is 42.2 Å². The summed E-state index contributed by atoms with van der Waals surface area (Å²) in [6, 6.07) is 13.7. The van der Waals surface area contributed by atoms with Gasteiger partial charge in [-0.3, -0.25) is 4.79 Å². The molecule has 2 aliphatic carbocycles. The Kier molecular flexibility index (Phi) is 6.10. The summed E-state index contributed by atoms with van der Waals surface area (Å²) in [4.78, 5) is 28.5. The third-order valence-electron chi connectivity index (χ3n) is 8.82. The van der Waals surface area contributed by atoms with E-state index in [1.54, 1.807) is 6.92 Å². The number of amides is 1. The van der Waals surface area contributed by atoms with Crippen molar-refractivity contribution in [2.24, 2.45) is 5.92 Å². The number of ether oxygens (including phenoxy) is 1. The number of likely N-dealkylation sites (tertiary alicyclic amines) is 1. The van der Waals surface area contributed by atoms with Crippen molar-refractivity contribution in [3.63, 3.8) is 0 Å². The first-order valence-electron chi connectivity index (χ1n) is 13.7. The number of carbonyl (C=O) groups excluding carboxylic acids is 1. The molecule has 4 unspecified atom stereocenters. The predicted octanol–water partition coefficient (Wildman–Crippen LogP) is 5.25. The van der Waals surface area contributed by atoms with Gasteiger partial charge in [-0.05, 0) is 81.2 Å². The summed E-state index contributed by atoms with van der Waals surface area (Å²) in [7, 11) is 0. The molecule has 6 heteroatoms. The summed E-state index contributed by atoms with van der Waals surface area (Å²) < 4.78 is 12.1. The van der Waals surface area contributed by atoms with Gasteiger partial charge in [0.15, 0.2) is 6.10 Å². The van der Waals surface area contributed by atoms with Crippen molar-refractivity contribution in [3.05, 3.63) is 75.1 Å². The minimum absolute atomic E-state index is 0.00546. The van der Waals surface area contributed by atoms with Crippen LogP contribution < -0.4 is 10.4 Å². The molecule has 0 bridgehead atoms. The summed E-state index contributed by atoms with van der Waals surface area (Å²) in [5.41, 5.74) is 3.23. The van der Waals surface area contributed by atoms with Gasteiger partial charge in [-0.1, -0.05) is 43.2 Å². The number of hydrogen-bond acceptors (Lipinski definition) is 5. The normalized spacial score (nSPS) is 26.0. The topological polar surface area (TPSA) is 80.0 Å². The molecular formula is C31H35NO5. The third-order valence-corrected chi connectivity index (χ3v) is 8.82. The lowest BCUT2D eigenvalue weighted by atomic mass is 9.66. The summed E-state index contributed by atoms with van der Waals surface area (Å²) in [5.74, 6) is 0.524. The van der Waals surface area contributed by atoms with Crippen LogP contribution >= 0.6 is 0 Å². The zero-order chi connectivity index (χ0) is 25.7. The Hall–Kier alpha value is -3.12. The number of hydrogen-bond donors (Lipinski definition) is 1. The summed E-state index contributed by atoms with van der Waals surface area (Å²) >= 11 is 0. The molecule has 6 nitrogen and oxygen atoms in total. The molecule has 0 spiro atoms. The van der Waals surface area contributed by atoms with Crippen LogP contribution in [0.4, 0.5) is 0 Å². The van der Waals surface area contributed by atoms with E-state index in [2.05, 4.69) is 12.1 Å². The number of piperidine rings is 1. The molecule has 1 aliphatic heterocycles. The molecule has 3 aromatic rings. The Morgan fingerprint density at radius 2 is 1.89 bits per heavy atom. The van der Waals surface area contributed by atoms with E-state index >= 15 is 0 Å². The molecule has 1 saturated heterocycles. The number of rotatable bonds is 4. The van der Waals surface area contributed by atoms with Gasteiger partial charge in [0, 0.05) is 18.0 Å². The average molecular weight is 502 g/mol. The number of fused-ring (bicyclic) bond motifs is 4. The molecule has 0 radical (unpaired) electrons. The highest BCUT2D eigenvalue weighted by atomic mass is 16.5. The molecule has 1 aromatic heterocycles. The van der Waals surface area contributed by atoms with Crippen molar-refractivity contribution < 1.29 is 19.1 Å². The average Bonchev–Trinajstić information content (AvgIpc) is 3.38. The largest absolute Gasteiger partial charge is 0.480 e. The lowest BCUT2D eigenvalue weighted by Gasteiger charge is -2.53. The van der Waals surface area contributed by atoms with Crippen LogP contribution in [0.3, 0.4) is 0 Å². The van der Waals surface area contributed by atoms with Crippen LogP contribution in [0, 0.1) is 12.8 Å². The van der Waals surface area contributed by atoms with E-state index < -0.39 is 11.7 Å². The second-order valence-electron chi connectivity index (χ2n) is 11.2. The molecule has 2 fully saturated rings. The molecule has 4 atom stereocenters. The second kappa shape index (κ2) is 9.32. The zero-order valence-electron chi connectivity index (χ0n) is 21.7. The monoisotopic (exact) mass is 501 g/mol. The molecule has 194 valence electrons. The first-order valence-corrected chi connectivity index (χ1v) is 13.7. The van der Waals surface area contributed by atoms with Gasteiger partial charge in [-0.25, -0.2) is 4.79 Å². The van der Waals surface area contributed by atoms with E-state index in [-0.39, 0.29) is 23.5 Å². The highest BCUT2D eigenvalue weighted by molar-refractivity contribution is 5.90. The summed E-state index contributed by atoms with van der Waals surface area (Å²) in [5, 5.41) is 12.4. The molecule has 37 heavy (non-hydrogen) atoms. The SMILES string of the molecule is Cc1cc(OC(C)C(=O)N2CCC3(O)CCCCC3C2c2ccccc2)c2c3c(c(=O)oc2c1)CCC3.